The van der Waals surface area contributed by atoms with Gasteiger partial charge in [-0.05, 0) is 27.7 Å². The Morgan fingerprint density at radius 1 is 0.529 bits per heavy atom. The van der Waals surface area contributed by atoms with Gasteiger partial charge in [-0.3, -0.25) is 0 Å². The summed E-state index contributed by atoms with van der Waals surface area (Å²) in [6.07, 6.45) is 0. The van der Waals surface area contributed by atoms with Gasteiger partial charge in [-0.2, -0.15) is 0 Å². The van der Waals surface area contributed by atoms with Gasteiger partial charge >= 0.3 is 0 Å². The quantitative estimate of drug-likeness (QED) is 0.334. The summed E-state index contributed by atoms with van der Waals surface area (Å²) in [7, 11) is 0. The number of carboxylic acids is 4. The maximum atomic E-state index is 8.89. The van der Waals surface area contributed by atoms with Crippen molar-refractivity contribution < 1.29 is 39.6 Å². The molecule has 0 aromatic rings. The van der Waals surface area contributed by atoms with Crippen molar-refractivity contribution in [1.29, 1.82) is 0 Å². The molecule has 0 aliphatic carbocycles. The molecule has 0 unspecified atom stereocenters. The summed E-state index contributed by atoms with van der Waals surface area (Å²) in [6, 6.07) is 0. The minimum Gasteiger partial charge on any atom is -0.550 e. The molecule has 9 heteroatoms. The van der Waals surface area contributed by atoms with Crippen molar-refractivity contribution in [2.24, 2.45) is 0 Å². The van der Waals surface area contributed by atoms with Crippen LogP contribution in [-0.2, 0) is 19.2 Å². The van der Waals surface area contributed by atoms with E-state index in [1.807, 2.05) is 0 Å². The first kappa shape index (κ1) is 29.7. The third kappa shape index (κ3) is 1570. The summed E-state index contributed by atoms with van der Waals surface area (Å²) in [5, 5.41) is 35.6. The van der Waals surface area contributed by atoms with Gasteiger partial charge in [0.1, 0.15) is 0 Å². The molecule has 0 aliphatic rings. The van der Waals surface area contributed by atoms with Gasteiger partial charge in [0.05, 0.1) is 0 Å². The summed E-state index contributed by atoms with van der Waals surface area (Å²) in [4.78, 5) is 35.6. The number of carbonyl (C=O) groups excluding carboxylic acids is 4. The van der Waals surface area contributed by atoms with Crippen LogP contribution in [0.4, 0.5) is 0 Å². The van der Waals surface area contributed by atoms with Gasteiger partial charge in [-0.25, -0.2) is 0 Å². The Kier molecular flexibility index (Phi) is 42.1. The van der Waals surface area contributed by atoms with Crippen LogP contribution in [-0.4, -0.2) is 50.1 Å². The zero-order chi connectivity index (χ0) is 14.3. The molecule has 0 N–H and O–H groups in total. The Labute approximate surface area is 117 Å². The van der Waals surface area contributed by atoms with Crippen molar-refractivity contribution in [3.05, 3.63) is 0 Å². The first-order valence-corrected chi connectivity index (χ1v) is 3.63. The van der Waals surface area contributed by atoms with E-state index < -0.39 is 23.9 Å². The number of hydrogen-bond acceptors (Lipinski definition) is 8. The van der Waals surface area contributed by atoms with Crippen LogP contribution >= 0.6 is 0 Å². The molecule has 0 amide bonds. The van der Waals surface area contributed by atoms with Gasteiger partial charge in [-0.15, -0.1) is 0 Å². The number of hydrogen-bond donors (Lipinski definition) is 0. The van der Waals surface area contributed by atoms with Crippen LogP contribution in [0, 0.1) is 0 Å². The van der Waals surface area contributed by atoms with Crippen LogP contribution in [0.3, 0.4) is 0 Å². The molecule has 0 atom stereocenters. The van der Waals surface area contributed by atoms with Crippen LogP contribution in [0.25, 0.3) is 0 Å². The topological polar surface area (TPSA) is 161 Å². The molecular formula is C8H12BiO8-4. The molecule has 0 saturated carbocycles. The van der Waals surface area contributed by atoms with E-state index in [9.17, 15) is 0 Å². The van der Waals surface area contributed by atoms with Crippen LogP contribution in [0.2, 0.25) is 0 Å². The van der Waals surface area contributed by atoms with E-state index >= 15 is 0 Å². The average Bonchev–Trinajstić information content (AvgIpc) is 1.76. The van der Waals surface area contributed by atoms with Crippen molar-refractivity contribution in [2.45, 2.75) is 27.7 Å². The van der Waals surface area contributed by atoms with Gasteiger partial charge in [-0.1, -0.05) is 0 Å². The molecular weight excluding hydrogens is 433 g/mol. The smallest absolute Gasteiger partial charge is 0.0383 e. The normalized spacial score (nSPS) is 5.88. The second kappa shape index (κ2) is 24.1. The molecule has 0 aliphatic heterocycles. The van der Waals surface area contributed by atoms with E-state index in [1.165, 1.54) is 0 Å². The van der Waals surface area contributed by atoms with Gasteiger partial charge < -0.3 is 39.6 Å². The summed E-state index contributed by atoms with van der Waals surface area (Å²) in [6.45, 7) is 3.89. The van der Waals surface area contributed by atoms with Gasteiger partial charge in [0, 0.05) is 50.1 Å². The Hall–Kier alpha value is -1.24. The van der Waals surface area contributed by atoms with Crippen molar-refractivity contribution >= 4 is 50.1 Å². The second-order valence-corrected chi connectivity index (χ2v) is 1.97. The summed E-state index contributed by atoms with van der Waals surface area (Å²) in [5.41, 5.74) is 0. The van der Waals surface area contributed by atoms with Crippen LogP contribution in [0.5, 0.6) is 0 Å². The molecule has 0 aromatic heterocycles. The first-order chi connectivity index (χ1) is 6.93. The van der Waals surface area contributed by atoms with Gasteiger partial charge in [0.2, 0.25) is 0 Å². The molecule has 8 nitrogen and oxygen atoms in total. The number of rotatable bonds is 0. The van der Waals surface area contributed by atoms with Gasteiger partial charge in [0.15, 0.2) is 0 Å². The van der Waals surface area contributed by atoms with Crippen molar-refractivity contribution in [3.8, 4) is 0 Å². The van der Waals surface area contributed by atoms with E-state index in [-0.39, 0.29) is 26.2 Å². The average molecular weight is 445 g/mol. The fraction of sp³-hybridized carbons (Fsp3) is 0.500. The van der Waals surface area contributed by atoms with Gasteiger partial charge in [0.25, 0.3) is 0 Å². The molecule has 0 bridgehead atoms. The largest absolute Gasteiger partial charge is 0.550 e. The molecule has 0 fully saturated rings. The van der Waals surface area contributed by atoms with Crippen molar-refractivity contribution in [1.82, 2.24) is 0 Å². The Balaban J connectivity index is -0.0000000369. The van der Waals surface area contributed by atoms with Crippen molar-refractivity contribution in [3.63, 3.8) is 0 Å². The molecule has 0 spiro atoms. The predicted octanol–water partition coefficient (Wildman–Crippen LogP) is -5.36. The summed E-state index contributed by atoms with van der Waals surface area (Å²) >= 11 is 0. The monoisotopic (exact) mass is 445 g/mol. The van der Waals surface area contributed by atoms with E-state index in [1.54, 1.807) is 0 Å². The number of carbonyl (C=O) groups is 4. The molecule has 17 heavy (non-hydrogen) atoms. The van der Waals surface area contributed by atoms with E-state index in [0.717, 1.165) is 27.7 Å². The first-order valence-electron chi connectivity index (χ1n) is 3.63. The maximum absolute atomic E-state index is 8.89. The number of aliphatic carboxylic acids is 4. The van der Waals surface area contributed by atoms with E-state index in [0.29, 0.717) is 0 Å². The standard InChI is InChI=1S/4C2H4O2.Bi/c4*1-2(3)4;/h4*1H3,(H,3,4);/p-4. The summed E-state index contributed by atoms with van der Waals surface area (Å²) in [5.74, 6) is -4.33. The molecule has 0 heterocycles. The number of carboxylic acid groups (broad SMARTS) is 4. The third-order valence-corrected chi connectivity index (χ3v) is 0. The van der Waals surface area contributed by atoms with Crippen molar-refractivity contribution in [2.75, 3.05) is 0 Å². The zero-order valence-corrected chi connectivity index (χ0v) is 13.2. The van der Waals surface area contributed by atoms with Crippen LogP contribution in [0.1, 0.15) is 27.7 Å². The maximum Gasteiger partial charge on any atom is 0.0383 e. The minimum absolute atomic E-state index is 0. The Morgan fingerprint density at radius 3 is 0.529 bits per heavy atom. The second-order valence-electron chi connectivity index (χ2n) is 1.97. The third-order valence-electron chi connectivity index (χ3n) is 0. The van der Waals surface area contributed by atoms with E-state index in [2.05, 4.69) is 0 Å². The fourth-order valence-electron chi connectivity index (χ4n) is 0. The minimum atomic E-state index is -1.08. The predicted molar refractivity (Wildman–Crippen MR) is 48.5 cm³/mol. The fourth-order valence-corrected chi connectivity index (χ4v) is 0. The molecule has 0 aromatic carbocycles. The van der Waals surface area contributed by atoms with E-state index in [4.69, 9.17) is 39.6 Å². The zero-order valence-electron chi connectivity index (χ0n) is 9.71. The molecule has 0 rings (SSSR count). The molecule has 0 saturated heterocycles. The van der Waals surface area contributed by atoms with Crippen LogP contribution < -0.4 is 20.4 Å². The molecule has 3 radical (unpaired) electrons. The van der Waals surface area contributed by atoms with Crippen LogP contribution in [0.15, 0.2) is 0 Å². The Bertz CT molecular complexity index is 162. The summed E-state index contributed by atoms with van der Waals surface area (Å²) < 4.78 is 0. The Morgan fingerprint density at radius 2 is 0.529 bits per heavy atom. The SMILES string of the molecule is CC(=O)[O-].CC(=O)[O-].CC(=O)[O-].CC(=O)[O-].[Bi]. The molecule has 101 valence electrons.